The highest BCUT2D eigenvalue weighted by Gasteiger charge is 2.07. The third kappa shape index (κ3) is 3.78. The second kappa shape index (κ2) is 6.35. The predicted molar refractivity (Wildman–Crippen MR) is 87.0 cm³/mol. The Kier molecular flexibility index (Phi) is 5.01. The van der Waals surface area contributed by atoms with Gasteiger partial charge in [0.15, 0.2) is 0 Å². The van der Waals surface area contributed by atoms with Crippen LogP contribution in [0.1, 0.15) is 5.56 Å². The van der Waals surface area contributed by atoms with E-state index in [2.05, 4.69) is 31.9 Å². The molecule has 0 amide bonds. The number of halogens is 4. The summed E-state index contributed by atoms with van der Waals surface area (Å²) < 4.78 is 7.24. The quantitative estimate of drug-likeness (QED) is 0.507. The highest BCUT2D eigenvalue weighted by molar-refractivity contribution is 9.11. The van der Waals surface area contributed by atoms with E-state index >= 15 is 0 Å². The molecular formula is C13H9Br2Cl2NO. The lowest BCUT2D eigenvalue weighted by molar-refractivity contribution is 0.306. The first-order valence-electron chi connectivity index (χ1n) is 5.28. The van der Waals surface area contributed by atoms with Gasteiger partial charge in [-0.25, -0.2) is 0 Å². The Hall–Kier alpha value is -0.420. The van der Waals surface area contributed by atoms with Crippen molar-refractivity contribution in [3.05, 3.63) is 54.9 Å². The van der Waals surface area contributed by atoms with E-state index < -0.39 is 0 Å². The maximum Gasteiger partial charge on any atom is 0.139 e. The van der Waals surface area contributed by atoms with Crippen molar-refractivity contribution in [1.82, 2.24) is 0 Å². The maximum atomic E-state index is 6.08. The van der Waals surface area contributed by atoms with Crippen molar-refractivity contribution >= 4 is 60.7 Å². The Bertz CT molecular complexity index is 620. The average Bonchev–Trinajstić information content (AvgIpc) is 2.36. The van der Waals surface area contributed by atoms with Crippen LogP contribution in [0.3, 0.4) is 0 Å². The minimum Gasteiger partial charge on any atom is -0.487 e. The van der Waals surface area contributed by atoms with Gasteiger partial charge < -0.3 is 10.5 Å². The fraction of sp³-hybridized carbons (Fsp3) is 0.0769. The second-order valence-electron chi connectivity index (χ2n) is 3.84. The van der Waals surface area contributed by atoms with Crippen molar-refractivity contribution in [3.8, 4) is 5.75 Å². The number of nitrogen functional groups attached to an aromatic ring is 1. The van der Waals surface area contributed by atoms with E-state index in [0.29, 0.717) is 28.1 Å². The van der Waals surface area contributed by atoms with Crippen LogP contribution in [-0.4, -0.2) is 0 Å². The van der Waals surface area contributed by atoms with E-state index in [4.69, 9.17) is 33.7 Å². The zero-order valence-electron chi connectivity index (χ0n) is 9.59. The van der Waals surface area contributed by atoms with Gasteiger partial charge in [0.25, 0.3) is 0 Å². The summed E-state index contributed by atoms with van der Waals surface area (Å²) in [6.45, 7) is 0.370. The van der Waals surface area contributed by atoms with Gasteiger partial charge >= 0.3 is 0 Å². The van der Waals surface area contributed by atoms with Gasteiger partial charge in [-0.2, -0.15) is 0 Å². The summed E-state index contributed by atoms with van der Waals surface area (Å²) in [6.07, 6.45) is 0. The molecule has 0 fully saturated rings. The molecule has 0 bridgehead atoms. The minimum atomic E-state index is 0.370. The van der Waals surface area contributed by atoms with Crippen molar-refractivity contribution < 1.29 is 4.74 Å². The van der Waals surface area contributed by atoms with Crippen LogP contribution in [0.15, 0.2) is 39.3 Å². The van der Waals surface area contributed by atoms with Crippen molar-refractivity contribution in [2.24, 2.45) is 0 Å². The van der Waals surface area contributed by atoms with Crippen LogP contribution >= 0.6 is 55.1 Å². The Balaban J connectivity index is 2.14. The smallest absolute Gasteiger partial charge is 0.139 e. The standard InChI is InChI=1S/C13H9Br2Cl2NO/c14-8-2-1-7(3-12(8)18)6-19-13-5-10(16)9(15)4-11(13)17/h1-5H,6,18H2. The largest absolute Gasteiger partial charge is 0.487 e. The number of hydrogen-bond donors (Lipinski definition) is 1. The highest BCUT2D eigenvalue weighted by atomic mass is 79.9. The molecule has 19 heavy (non-hydrogen) atoms. The fourth-order valence-electron chi connectivity index (χ4n) is 1.46. The van der Waals surface area contributed by atoms with Crippen LogP contribution in [0.25, 0.3) is 0 Å². The molecule has 0 heterocycles. The van der Waals surface area contributed by atoms with E-state index in [1.807, 2.05) is 18.2 Å². The van der Waals surface area contributed by atoms with Gasteiger partial charge in [0.2, 0.25) is 0 Å². The van der Waals surface area contributed by atoms with E-state index in [9.17, 15) is 0 Å². The second-order valence-corrected chi connectivity index (χ2v) is 6.36. The number of ether oxygens (including phenoxy) is 1. The Labute approximate surface area is 138 Å². The predicted octanol–water partition coefficient (Wildman–Crippen LogP) is 5.68. The topological polar surface area (TPSA) is 35.2 Å². The highest BCUT2D eigenvalue weighted by Crippen LogP contribution is 2.34. The zero-order valence-corrected chi connectivity index (χ0v) is 14.3. The number of hydrogen-bond acceptors (Lipinski definition) is 2. The van der Waals surface area contributed by atoms with E-state index in [1.54, 1.807) is 12.1 Å². The van der Waals surface area contributed by atoms with Crippen LogP contribution in [0, 0.1) is 0 Å². The molecular weight excluding hydrogens is 417 g/mol. The van der Waals surface area contributed by atoms with Crippen LogP contribution < -0.4 is 10.5 Å². The Morgan fingerprint density at radius 2 is 1.74 bits per heavy atom. The molecule has 2 aromatic carbocycles. The molecule has 2 N–H and O–H groups in total. The molecule has 0 radical (unpaired) electrons. The van der Waals surface area contributed by atoms with Gasteiger partial charge in [-0.05, 0) is 55.6 Å². The van der Waals surface area contributed by atoms with Crippen LogP contribution in [-0.2, 0) is 6.61 Å². The van der Waals surface area contributed by atoms with Gasteiger partial charge in [0.1, 0.15) is 12.4 Å². The van der Waals surface area contributed by atoms with Crippen molar-refractivity contribution in [2.45, 2.75) is 6.61 Å². The van der Waals surface area contributed by atoms with Crippen molar-refractivity contribution in [2.75, 3.05) is 5.73 Å². The van der Waals surface area contributed by atoms with Gasteiger partial charge in [0.05, 0.1) is 10.0 Å². The molecule has 0 saturated carbocycles. The molecule has 6 heteroatoms. The molecule has 2 nitrogen and oxygen atoms in total. The van der Waals surface area contributed by atoms with Crippen LogP contribution in [0.4, 0.5) is 5.69 Å². The first kappa shape index (κ1) is 15.0. The SMILES string of the molecule is Nc1cc(COc2cc(Cl)c(Br)cc2Cl)ccc1Br. The van der Waals surface area contributed by atoms with Crippen LogP contribution in [0.5, 0.6) is 5.75 Å². The summed E-state index contributed by atoms with van der Waals surface area (Å²) in [4.78, 5) is 0. The van der Waals surface area contributed by atoms with Crippen LogP contribution in [0.2, 0.25) is 10.0 Å². The third-order valence-corrected chi connectivity index (χ3v) is 4.64. The first-order valence-corrected chi connectivity index (χ1v) is 7.63. The maximum absolute atomic E-state index is 6.08. The molecule has 0 saturated heterocycles. The molecule has 0 aliphatic rings. The molecule has 0 spiro atoms. The molecule has 0 aromatic heterocycles. The lowest BCUT2D eigenvalue weighted by Gasteiger charge is -2.10. The number of benzene rings is 2. The van der Waals surface area contributed by atoms with Gasteiger partial charge in [-0.15, -0.1) is 0 Å². The number of rotatable bonds is 3. The monoisotopic (exact) mass is 423 g/mol. The number of anilines is 1. The molecule has 2 aromatic rings. The normalized spacial score (nSPS) is 10.5. The average molecular weight is 426 g/mol. The molecule has 2 rings (SSSR count). The summed E-state index contributed by atoms with van der Waals surface area (Å²) in [7, 11) is 0. The molecule has 0 aliphatic carbocycles. The van der Waals surface area contributed by atoms with E-state index in [-0.39, 0.29) is 0 Å². The van der Waals surface area contributed by atoms with E-state index in [0.717, 1.165) is 14.5 Å². The van der Waals surface area contributed by atoms with Gasteiger partial charge in [-0.1, -0.05) is 29.3 Å². The summed E-state index contributed by atoms with van der Waals surface area (Å²) >= 11 is 18.7. The Morgan fingerprint density at radius 1 is 1.00 bits per heavy atom. The van der Waals surface area contributed by atoms with Gasteiger partial charge in [0, 0.05) is 20.7 Å². The summed E-state index contributed by atoms with van der Waals surface area (Å²) in [5.41, 5.74) is 7.43. The lowest BCUT2D eigenvalue weighted by Crippen LogP contribution is -1.98. The molecule has 0 aliphatic heterocycles. The first-order chi connectivity index (χ1) is 8.97. The van der Waals surface area contributed by atoms with Crippen molar-refractivity contribution in [1.29, 1.82) is 0 Å². The molecule has 100 valence electrons. The molecule has 0 unspecified atom stereocenters. The zero-order chi connectivity index (χ0) is 14.0. The summed E-state index contributed by atoms with van der Waals surface area (Å²) in [6, 6.07) is 9.03. The minimum absolute atomic E-state index is 0.370. The lowest BCUT2D eigenvalue weighted by atomic mass is 10.2. The Morgan fingerprint density at radius 3 is 2.42 bits per heavy atom. The summed E-state index contributed by atoms with van der Waals surface area (Å²) in [5.74, 6) is 0.538. The number of nitrogens with two attached hydrogens (primary N) is 1. The summed E-state index contributed by atoms with van der Waals surface area (Å²) in [5, 5.41) is 1.05. The fourth-order valence-corrected chi connectivity index (χ4v) is 2.55. The molecule has 0 atom stereocenters. The van der Waals surface area contributed by atoms with Gasteiger partial charge in [-0.3, -0.25) is 0 Å². The van der Waals surface area contributed by atoms with E-state index in [1.165, 1.54) is 0 Å². The van der Waals surface area contributed by atoms with Crippen molar-refractivity contribution in [3.63, 3.8) is 0 Å². The third-order valence-electron chi connectivity index (χ3n) is 2.43.